The lowest BCUT2D eigenvalue weighted by Gasteiger charge is -2.24. The topological polar surface area (TPSA) is 126 Å². The Bertz CT molecular complexity index is 833. The summed E-state index contributed by atoms with van der Waals surface area (Å²) in [6.45, 7) is 4.07. The SMILES string of the molecule is CCCCCCCCCCCC[C@@H](O)[C@H]1CC[C@H]([C@H]2CC[C@H]([C@H](O)CCC(O)CCCCCC(O)CC3=CC(C)OC3=O)O2)O1. The van der Waals surface area contributed by atoms with Crippen LogP contribution in [0.4, 0.5) is 0 Å². The van der Waals surface area contributed by atoms with E-state index in [1.807, 2.05) is 6.92 Å². The Morgan fingerprint density at radius 1 is 0.644 bits per heavy atom. The van der Waals surface area contributed by atoms with Crippen LogP contribution in [0.3, 0.4) is 0 Å². The number of aliphatic hydroxyl groups excluding tert-OH is 4. The molecule has 4 N–H and O–H groups in total. The van der Waals surface area contributed by atoms with Crippen LogP contribution in [0.1, 0.15) is 162 Å². The third-order valence-corrected chi connectivity index (χ3v) is 10.1. The number of ether oxygens (including phenoxy) is 3. The smallest absolute Gasteiger partial charge is 0.334 e. The normalized spacial score (nSPS) is 27.8. The van der Waals surface area contributed by atoms with Gasteiger partial charge in [0.2, 0.25) is 0 Å². The minimum Gasteiger partial charge on any atom is -0.455 e. The van der Waals surface area contributed by atoms with Gasteiger partial charge in [-0.25, -0.2) is 4.79 Å². The Kier molecular flexibility index (Phi) is 18.6. The lowest BCUT2D eigenvalue weighted by molar-refractivity contribution is -0.139. The summed E-state index contributed by atoms with van der Waals surface area (Å²) in [7, 11) is 0. The van der Waals surface area contributed by atoms with Crippen molar-refractivity contribution in [2.24, 2.45) is 0 Å². The second kappa shape index (κ2) is 21.8. The molecule has 0 saturated carbocycles. The maximum atomic E-state index is 11.7. The van der Waals surface area contributed by atoms with Gasteiger partial charge in [0.1, 0.15) is 6.10 Å². The van der Waals surface area contributed by atoms with E-state index in [0.29, 0.717) is 37.7 Å². The van der Waals surface area contributed by atoms with E-state index in [0.717, 1.165) is 57.8 Å². The summed E-state index contributed by atoms with van der Waals surface area (Å²) < 4.78 is 17.6. The zero-order chi connectivity index (χ0) is 32.4. The number of carbonyl (C=O) groups is 1. The number of cyclic esters (lactones) is 1. The molecule has 262 valence electrons. The van der Waals surface area contributed by atoms with Gasteiger partial charge in [0.15, 0.2) is 0 Å². The molecule has 3 aliphatic rings. The molecule has 0 bridgehead atoms. The first kappa shape index (κ1) is 38.4. The summed E-state index contributed by atoms with van der Waals surface area (Å²) in [6.07, 6.45) is 21.6. The molecule has 3 heterocycles. The van der Waals surface area contributed by atoms with E-state index in [1.54, 1.807) is 6.08 Å². The van der Waals surface area contributed by atoms with E-state index >= 15 is 0 Å². The summed E-state index contributed by atoms with van der Waals surface area (Å²) in [5, 5.41) is 42.2. The molecule has 0 amide bonds. The van der Waals surface area contributed by atoms with E-state index in [9.17, 15) is 25.2 Å². The highest BCUT2D eigenvalue weighted by atomic mass is 16.6. The zero-order valence-corrected chi connectivity index (χ0v) is 28.5. The second-order valence-corrected chi connectivity index (χ2v) is 14.2. The van der Waals surface area contributed by atoms with Crippen molar-refractivity contribution in [3.8, 4) is 0 Å². The molecule has 3 rings (SSSR count). The van der Waals surface area contributed by atoms with Crippen LogP contribution in [0.5, 0.6) is 0 Å². The van der Waals surface area contributed by atoms with Crippen molar-refractivity contribution in [1.82, 2.24) is 0 Å². The van der Waals surface area contributed by atoms with Crippen LogP contribution in [0.15, 0.2) is 11.6 Å². The molecule has 2 fully saturated rings. The molecule has 8 nitrogen and oxygen atoms in total. The molecule has 9 atom stereocenters. The molecule has 0 aromatic rings. The molecule has 3 unspecified atom stereocenters. The highest BCUT2D eigenvalue weighted by Gasteiger charge is 2.40. The molecule has 0 aromatic carbocycles. The van der Waals surface area contributed by atoms with Crippen molar-refractivity contribution < 1.29 is 39.4 Å². The third-order valence-electron chi connectivity index (χ3n) is 10.1. The van der Waals surface area contributed by atoms with Crippen LogP contribution >= 0.6 is 0 Å². The fraction of sp³-hybridized carbons (Fsp3) is 0.919. The van der Waals surface area contributed by atoms with E-state index < -0.39 is 24.4 Å². The minimum atomic E-state index is -0.599. The number of hydrogen-bond acceptors (Lipinski definition) is 8. The number of aliphatic hydroxyl groups is 4. The van der Waals surface area contributed by atoms with Crippen molar-refractivity contribution >= 4 is 5.97 Å². The van der Waals surface area contributed by atoms with E-state index in [2.05, 4.69) is 6.92 Å². The van der Waals surface area contributed by atoms with Gasteiger partial charge in [-0.1, -0.05) is 90.4 Å². The first-order chi connectivity index (χ1) is 21.8. The van der Waals surface area contributed by atoms with Gasteiger partial charge >= 0.3 is 5.97 Å². The van der Waals surface area contributed by atoms with Crippen molar-refractivity contribution in [1.29, 1.82) is 0 Å². The molecule has 3 aliphatic heterocycles. The Labute approximate surface area is 273 Å². The molecule has 0 spiro atoms. The van der Waals surface area contributed by atoms with Crippen molar-refractivity contribution in [3.05, 3.63) is 11.6 Å². The Morgan fingerprint density at radius 3 is 1.69 bits per heavy atom. The summed E-state index contributed by atoms with van der Waals surface area (Å²) >= 11 is 0. The second-order valence-electron chi connectivity index (χ2n) is 14.2. The Morgan fingerprint density at radius 2 is 1.13 bits per heavy atom. The van der Waals surface area contributed by atoms with Crippen molar-refractivity contribution in [3.63, 3.8) is 0 Å². The standard InChI is InChI=1S/C37H66O8/c1-3-4-5-6-7-8-9-10-11-15-18-31(40)33-21-23-35(44-33)36-24-22-34(45-36)32(41)20-19-29(38)16-13-12-14-17-30(39)26-28-25-27(2)43-37(28)42/h25,27,29-36,38-41H,3-24,26H2,1-2H3/t27?,29?,30?,31-,32-,33-,34-,35-,36-/m1/s1. The summed E-state index contributed by atoms with van der Waals surface area (Å²) in [6, 6.07) is 0. The van der Waals surface area contributed by atoms with Crippen molar-refractivity contribution in [2.45, 2.75) is 216 Å². The summed E-state index contributed by atoms with van der Waals surface area (Å²) in [5.41, 5.74) is 0.565. The molecule has 2 saturated heterocycles. The zero-order valence-electron chi connectivity index (χ0n) is 28.5. The third kappa shape index (κ3) is 14.7. The van der Waals surface area contributed by atoms with Crippen LogP contribution in [0, 0.1) is 0 Å². The first-order valence-corrected chi connectivity index (χ1v) is 18.7. The first-order valence-electron chi connectivity index (χ1n) is 18.7. The van der Waals surface area contributed by atoms with Crippen LogP contribution in [-0.2, 0) is 19.0 Å². The van der Waals surface area contributed by atoms with Crippen LogP contribution in [0.25, 0.3) is 0 Å². The Balaban J connectivity index is 1.18. The fourth-order valence-corrected chi connectivity index (χ4v) is 7.29. The van der Waals surface area contributed by atoms with Gasteiger partial charge in [0, 0.05) is 12.0 Å². The fourth-order valence-electron chi connectivity index (χ4n) is 7.29. The number of carbonyl (C=O) groups excluding carboxylic acids is 1. The van der Waals surface area contributed by atoms with Gasteiger partial charge in [0.05, 0.1) is 48.8 Å². The van der Waals surface area contributed by atoms with Crippen LogP contribution in [0.2, 0.25) is 0 Å². The Hall–Kier alpha value is -1.03. The highest BCUT2D eigenvalue weighted by molar-refractivity contribution is 5.90. The van der Waals surface area contributed by atoms with E-state index in [1.165, 1.54) is 57.8 Å². The largest absolute Gasteiger partial charge is 0.455 e. The lowest BCUT2D eigenvalue weighted by Crippen LogP contribution is -2.33. The predicted molar refractivity (Wildman–Crippen MR) is 177 cm³/mol. The van der Waals surface area contributed by atoms with E-state index in [4.69, 9.17) is 14.2 Å². The number of unbranched alkanes of at least 4 members (excludes halogenated alkanes) is 11. The average molecular weight is 639 g/mol. The minimum absolute atomic E-state index is 0.00839. The summed E-state index contributed by atoms with van der Waals surface area (Å²) in [5.74, 6) is -0.323. The van der Waals surface area contributed by atoms with Gasteiger partial charge < -0.3 is 34.6 Å². The van der Waals surface area contributed by atoms with Crippen LogP contribution in [-0.4, -0.2) is 81.3 Å². The highest BCUT2D eigenvalue weighted by Crippen LogP contribution is 2.34. The van der Waals surface area contributed by atoms with Crippen LogP contribution < -0.4 is 0 Å². The maximum Gasteiger partial charge on any atom is 0.334 e. The molecule has 45 heavy (non-hydrogen) atoms. The molecule has 0 aromatic heterocycles. The molecule has 0 radical (unpaired) electrons. The van der Waals surface area contributed by atoms with Gasteiger partial charge in [-0.05, 0) is 70.8 Å². The van der Waals surface area contributed by atoms with Crippen molar-refractivity contribution in [2.75, 3.05) is 0 Å². The number of hydrogen-bond donors (Lipinski definition) is 4. The molecule has 8 heteroatoms. The van der Waals surface area contributed by atoms with Gasteiger partial charge in [-0.3, -0.25) is 0 Å². The van der Waals surface area contributed by atoms with E-state index in [-0.39, 0.29) is 36.5 Å². The lowest BCUT2D eigenvalue weighted by atomic mass is 9.98. The molecular formula is C37H66O8. The number of rotatable bonds is 25. The van der Waals surface area contributed by atoms with Gasteiger partial charge in [-0.15, -0.1) is 0 Å². The maximum absolute atomic E-state index is 11.7. The molecule has 0 aliphatic carbocycles. The monoisotopic (exact) mass is 638 g/mol. The van der Waals surface area contributed by atoms with Gasteiger partial charge in [0.25, 0.3) is 0 Å². The molecular weight excluding hydrogens is 572 g/mol. The predicted octanol–water partition coefficient (Wildman–Crippen LogP) is 6.83. The van der Waals surface area contributed by atoms with Gasteiger partial charge in [-0.2, -0.15) is 0 Å². The average Bonchev–Trinajstić information content (AvgIpc) is 3.77. The summed E-state index contributed by atoms with van der Waals surface area (Å²) in [4.78, 5) is 11.7. The number of esters is 1. The quantitative estimate of drug-likeness (QED) is 0.0634.